The molecule has 2 unspecified atom stereocenters. The molecule has 0 radical (unpaired) electrons. The minimum Gasteiger partial charge on any atom is -0.384 e. The van der Waals surface area contributed by atoms with Gasteiger partial charge in [-0.1, -0.05) is 19.1 Å². The molecule has 96 valence electrons. The quantitative estimate of drug-likeness (QED) is 0.876. The van der Waals surface area contributed by atoms with E-state index in [0.29, 0.717) is 23.4 Å². The van der Waals surface area contributed by atoms with Gasteiger partial charge in [0, 0.05) is 19.8 Å². The van der Waals surface area contributed by atoms with Gasteiger partial charge in [0.2, 0.25) is 0 Å². The zero-order valence-corrected chi connectivity index (χ0v) is 11.8. The van der Waals surface area contributed by atoms with Crippen LogP contribution in [0.4, 0.5) is 4.39 Å². The normalized spacial score (nSPS) is 14.6. The van der Waals surface area contributed by atoms with E-state index in [1.54, 1.807) is 13.2 Å². The highest BCUT2D eigenvalue weighted by atomic mass is 79.9. The molecule has 0 aliphatic rings. The predicted octanol–water partition coefficient (Wildman–Crippen LogP) is 3.13. The molecule has 1 rings (SSSR count). The average Bonchev–Trinajstić information content (AvgIpc) is 2.25. The summed E-state index contributed by atoms with van der Waals surface area (Å²) >= 11 is 3.25. The highest BCUT2D eigenvalue weighted by Gasteiger charge is 2.12. The first-order valence-electron chi connectivity index (χ1n) is 5.72. The molecule has 0 spiro atoms. The Hall–Kier alpha value is -0.450. The Bertz CT molecular complexity index is 359. The summed E-state index contributed by atoms with van der Waals surface area (Å²) in [6, 6.07) is 5.07. The number of halogens is 2. The summed E-state index contributed by atoms with van der Waals surface area (Å²) in [6.45, 7) is 2.81. The molecule has 2 nitrogen and oxygen atoms in total. The monoisotopic (exact) mass is 303 g/mol. The standard InChI is InChI=1S/C13H19BrFNO/c1-9(8-17-2)6-11(16)7-10-4-3-5-12(15)13(10)14/h3-5,9,11H,6-8,16H2,1-2H3. The number of ether oxygens (including phenoxy) is 1. The summed E-state index contributed by atoms with van der Waals surface area (Å²) in [7, 11) is 1.69. The van der Waals surface area contributed by atoms with Crippen molar-refractivity contribution >= 4 is 15.9 Å². The molecule has 4 heteroatoms. The molecular weight excluding hydrogens is 285 g/mol. The molecule has 2 N–H and O–H groups in total. The lowest BCUT2D eigenvalue weighted by atomic mass is 9.97. The second-order valence-corrected chi connectivity index (χ2v) is 5.27. The molecule has 0 bridgehead atoms. The fraction of sp³-hybridized carbons (Fsp3) is 0.538. The number of hydrogen-bond donors (Lipinski definition) is 1. The van der Waals surface area contributed by atoms with Crippen LogP contribution in [-0.4, -0.2) is 19.8 Å². The first-order chi connectivity index (χ1) is 8.04. The third-order valence-electron chi connectivity index (χ3n) is 2.67. The van der Waals surface area contributed by atoms with Crippen LogP contribution in [0.3, 0.4) is 0 Å². The molecule has 17 heavy (non-hydrogen) atoms. The van der Waals surface area contributed by atoms with Gasteiger partial charge in [-0.25, -0.2) is 4.39 Å². The molecule has 0 aromatic heterocycles. The van der Waals surface area contributed by atoms with Crippen molar-refractivity contribution in [3.05, 3.63) is 34.1 Å². The first-order valence-corrected chi connectivity index (χ1v) is 6.51. The van der Waals surface area contributed by atoms with Crippen LogP contribution in [0.5, 0.6) is 0 Å². The van der Waals surface area contributed by atoms with E-state index in [4.69, 9.17) is 10.5 Å². The molecule has 1 aromatic rings. The SMILES string of the molecule is COCC(C)CC(N)Cc1cccc(F)c1Br. The second-order valence-electron chi connectivity index (χ2n) is 4.47. The van der Waals surface area contributed by atoms with Crippen LogP contribution in [-0.2, 0) is 11.2 Å². The van der Waals surface area contributed by atoms with Crippen LogP contribution in [0.15, 0.2) is 22.7 Å². The van der Waals surface area contributed by atoms with Gasteiger partial charge in [0.25, 0.3) is 0 Å². The van der Waals surface area contributed by atoms with Crippen LogP contribution in [0.2, 0.25) is 0 Å². The maximum Gasteiger partial charge on any atom is 0.137 e. The number of benzene rings is 1. The zero-order valence-electron chi connectivity index (χ0n) is 10.2. The maximum absolute atomic E-state index is 13.3. The van der Waals surface area contributed by atoms with Gasteiger partial charge in [0.15, 0.2) is 0 Å². The fourth-order valence-corrected chi connectivity index (χ4v) is 2.37. The third kappa shape index (κ3) is 4.74. The molecule has 1 aromatic carbocycles. The number of hydrogen-bond acceptors (Lipinski definition) is 2. The fourth-order valence-electron chi connectivity index (χ4n) is 1.94. The van der Waals surface area contributed by atoms with Crippen LogP contribution in [0, 0.1) is 11.7 Å². The van der Waals surface area contributed by atoms with Crippen LogP contribution in [0.1, 0.15) is 18.9 Å². The maximum atomic E-state index is 13.3. The summed E-state index contributed by atoms with van der Waals surface area (Å²) in [5, 5.41) is 0. The molecule has 0 saturated carbocycles. The molecule has 0 amide bonds. The van der Waals surface area contributed by atoms with Crippen molar-refractivity contribution in [2.24, 2.45) is 11.7 Å². The van der Waals surface area contributed by atoms with Crippen molar-refractivity contribution in [1.82, 2.24) is 0 Å². The second kappa shape index (κ2) is 7.09. The van der Waals surface area contributed by atoms with E-state index in [0.717, 1.165) is 12.0 Å². The highest BCUT2D eigenvalue weighted by molar-refractivity contribution is 9.10. The third-order valence-corrected chi connectivity index (χ3v) is 3.56. The minimum atomic E-state index is -0.236. The van der Waals surface area contributed by atoms with E-state index in [1.165, 1.54) is 6.07 Å². The van der Waals surface area contributed by atoms with Crippen molar-refractivity contribution in [2.45, 2.75) is 25.8 Å². The van der Waals surface area contributed by atoms with E-state index in [-0.39, 0.29) is 11.9 Å². The van der Waals surface area contributed by atoms with Gasteiger partial charge in [-0.2, -0.15) is 0 Å². The number of nitrogens with two attached hydrogens (primary N) is 1. The van der Waals surface area contributed by atoms with E-state index in [2.05, 4.69) is 22.9 Å². The highest BCUT2D eigenvalue weighted by Crippen LogP contribution is 2.22. The molecule has 0 saturated heterocycles. The van der Waals surface area contributed by atoms with E-state index in [1.807, 2.05) is 6.07 Å². The van der Waals surface area contributed by atoms with Gasteiger partial charge in [0.1, 0.15) is 5.82 Å². The smallest absolute Gasteiger partial charge is 0.137 e. The molecule has 0 heterocycles. The van der Waals surface area contributed by atoms with Crippen LogP contribution < -0.4 is 5.73 Å². The van der Waals surface area contributed by atoms with E-state index >= 15 is 0 Å². The summed E-state index contributed by atoms with van der Waals surface area (Å²) < 4.78 is 18.9. The lowest BCUT2D eigenvalue weighted by molar-refractivity contribution is 0.152. The Morgan fingerprint density at radius 1 is 1.47 bits per heavy atom. The Morgan fingerprint density at radius 2 is 2.18 bits per heavy atom. The Labute approximate surface area is 110 Å². The van der Waals surface area contributed by atoms with Gasteiger partial charge >= 0.3 is 0 Å². The van der Waals surface area contributed by atoms with Gasteiger partial charge in [0.05, 0.1) is 4.47 Å². The Balaban J connectivity index is 2.56. The summed E-state index contributed by atoms with van der Waals surface area (Å²) in [4.78, 5) is 0. The van der Waals surface area contributed by atoms with Crippen molar-refractivity contribution in [2.75, 3.05) is 13.7 Å². The topological polar surface area (TPSA) is 35.2 Å². The predicted molar refractivity (Wildman–Crippen MR) is 71.4 cm³/mol. The molecule has 0 aliphatic carbocycles. The van der Waals surface area contributed by atoms with Crippen LogP contribution in [0.25, 0.3) is 0 Å². The lowest BCUT2D eigenvalue weighted by Gasteiger charge is -2.17. The number of methoxy groups -OCH3 is 1. The first kappa shape index (κ1) is 14.6. The Kier molecular flexibility index (Phi) is 6.09. The van der Waals surface area contributed by atoms with E-state index in [9.17, 15) is 4.39 Å². The van der Waals surface area contributed by atoms with Crippen molar-refractivity contribution in [1.29, 1.82) is 0 Å². The Morgan fingerprint density at radius 3 is 2.82 bits per heavy atom. The lowest BCUT2D eigenvalue weighted by Crippen LogP contribution is -2.26. The molecule has 0 aliphatic heterocycles. The van der Waals surface area contributed by atoms with Gasteiger partial charge in [-0.15, -0.1) is 0 Å². The van der Waals surface area contributed by atoms with Crippen molar-refractivity contribution in [3.8, 4) is 0 Å². The molecular formula is C13H19BrFNO. The minimum absolute atomic E-state index is 0.0262. The van der Waals surface area contributed by atoms with Crippen molar-refractivity contribution in [3.63, 3.8) is 0 Å². The van der Waals surface area contributed by atoms with E-state index < -0.39 is 0 Å². The van der Waals surface area contributed by atoms with Crippen molar-refractivity contribution < 1.29 is 9.13 Å². The number of rotatable bonds is 6. The summed E-state index contributed by atoms with van der Waals surface area (Å²) in [5.41, 5.74) is 6.98. The largest absolute Gasteiger partial charge is 0.384 e. The summed E-state index contributed by atoms with van der Waals surface area (Å²) in [5.74, 6) is 0.182. The van der Waals surface area contributed by atoms with Gasteiger partial charge in [-0.3, -0.25) is 0 Å². The zero-order chi connectivity index (χ0) is 12.8. The molecule has 2 atom stereocenters. The summed E-state index contributed by atoms with van der Waals surface area (Å²) in [6.07, 6.45) is 1.54. The molecule has 0 fully saturated rings. The van der Waals surface area contributed by atoms with Gasteiger partial charge < -0.3 is 10.5 Å². The average molecular weight is 304 g/mol. The van der Waals surface area contributed by atoms with Crippen LogP contribution >= 0.6 is 15.9 Å². The van der Waals surface area contributed by atoms with Gasteiger partial charge in [-0.05, 0) is 46.3 Å².